The maximum Gasteiger partial charge on any atom is 0.311 e. The van der Waals surface area contributed by atoms with E-state index in [1.807, 2.05) is 6.92 Å². The molecule has 1 fully saturated rings. The Morgan fingerprint density at radius 1 is 1.45 bits per heavy atom. The number of nitro benzene ring substituents is 1. The van der Waals surface area contributed by atoms with E-state index < -0.39 is 4.92 Å². The van der Waals surface area contributed by atoms with Gasteiger partial charge < -0.3 is 10.1 Å². The number of ketones is 1. The Morgan fingerprint density at radius 2 is 2.14 bits per heavy atom. The van der Waals surface area contributed by atoms with Crippen LogP contribution in [0.3, 0.4) is 0 Å². The second-order valence-corrected chi connectivity index (χ2v) is 5.41. The molecule has 1 atom stereocenters. The van der Waals surface area contributed by atoms with Gasteiger partial charge in [0.05, 0.1) is 12.0 Å². The molecule has 7 nitrogen and oxygen atoms in total. The minimum absolute atomic E-state index is 0.0863. The fourth-order valence-electron chi connectivity index (χ4n) is 2.64. The van der Waals surface area contributed by atoms with Crippen LogP contribution >= 0.6 is 0 Å². The smallest absolute Gasteiger partial charge is 0.311 e. The molecule has 1 saturated heterocycles. The van der Waals surface area contributed by atoms with Gasteiger partial charge in [-0.25, -0.2) is 0 Å². The Balaban J connectivity index is 2.08. The molecule has 0 amide bonds. The second kappa shape index (κ2) is 7.33. The van der Waals surface area contributed by atoms with Crippen LogP contribution in [0, 0.1) is 10.1 Å². The molecule has 1 N–H and O–H groups in total. The predicted octanol–water partition coefficient (Wildman–Crippen LogP) is 1.47. The topological polar surface area (TPSA) is 84.7 Å². The summed E-state index contributed by atoms with van der Waals surface area (Å²) in [5.41, 5.74) is 0.178. The fraction of sp³-hybridized carbons (Fsp3) is 0.533. The van der Waals surface area contributed by atoms with Crippen molar-refractivity contribution in [2.45, 2.75) is 19.4 Å². The van der Waals surface area contributed by atoms with Crippen molar-refractivity contribution in [3.8, 4) is 5.75 Å². The van der Waals surface area contributed by atoms with Crippen LogP contribution in [0.4, 0.5) is 5.69 Å². The van der Waals surface area contributed by atoms with Crippen molar-refractivity contribution < 1.29 is 14.5 Å². The van der Waals surface area contributed by atoms with E-state index in [0.29, 0.717) is 12.0 Å². The Labute approximate surface area is 129 Å². The van der Waals surface area contributed by atoms with Gasteiger partial charge in [0, 0.05) is 50.3 Å². The Bertz CT molecular complexity index is 556. The van der Waals surface area contributed by atoms with E-state index in [9.17, 15) is 14.9 Å². The zero-order chi connectivity index (χ0) is 16.1. The first-order valence-corrected chi connectivity index (χ1v) is 7.33. The quantitative estimate of drug-likeness (QED) is 0.487. The van der Waals surface area contributed by atoms with Crippen molar-refractivity contribution in [2.24, 2.45) is 0 Å². The summed E-state index contributed by atoms with van der Waals surface area (Å²) in [4.78, 5) is 25.1. The number of rotatable bonds is 6. The van der Waals surface area contributed by atoms with E-state index in [0.717, 1.165) is 26.2 Å². The maximum atomic E-state index is 12.4. The number of piperazine rings is 1. The molecular weight excluding hydrogens is 286 g/mol. The van der Waals surface area contributed by atoms with Gasteiger partial charge in [0.25, 0.3) is 0 Å². The Morgan fingerprint density at radius 3 is 2.73 bits per heavy atom. The lowest BCUT2D eigenvalue weighted by Gasteiger charge is -2.32. The summed E-state index contributed by atoms with van der Waals surface area (Å²) >= 11 is 0. The third kappa shape index (κ3) is 3.80. The second-order valence-electron chi connectivity index (χ2n) is 5.41. The first-order chi connectivity index (χ1) is 10.5. The first-order valence-electron chi connectivity index (χ1n) is 7.33. The van der Waals surface area contributed by atoms with Crippen LogP contribution in [0.2, 0.25) is 0 Å². The molecule has 1 aliphatic rings. The molecule has 0 saturated carbocycles. The molecular formula is C15H21N3O4. The molecule has 1 unspecified atom stereocenters. The van der Waals surface area contributed by atoms with Gasteiger partial charge in [0.15, 0.2) is 11.5 Å². The van der Waals surface area contributed by atoms with Gasteiger partial charge in [0.2, 0.25) is 0 Å². The normalized spacial score (nSPS) is 17.0. The minimum Gasteiger partial charge on any atom is -0.490 e. The number of nitro groups is 1. The van der Waals surface area contributed by atoms with E-state index in [1.54, 1.807) is 6.07 Å². The van der Waals surface area contributed by atoms with Gasteiger partial charge in [-0.3, -0.25) is 19.8 Å². The summed E-state index contributed by atoms with van der Waals surface area (Å²) in [6.07, 6.45) is 0.351. The molecule has 0 bridgehead atoms. The van der Waals surface area contributed by atoms with Gasteiger partial charge in [-0.2, -0.15) is 0 Å². The highest BCUT2D eigenvalue weighted by atomic mass is 16.6. The molecule has 0 radical (unpaired) electrons. The van der Waals surface area contributed by atoms with Gasteiger partial charge in [-0.15, -0.1) is 0 Å². The van der Waals surface area contributed by atoms with E-state index in [4.69, 9.17) is 4.74 Å². The summed E-state index contributed by atoms with van der Waals surface area (Å²) in [5, 5.41) is 14.3. The number of hydrogen-bond acceptors (Lipinski definition) is 6. The molecule has 0 aliphatic carbocycles. The highest BCUT2D eigenvalue weighted by Crippen LogP contribution is 2.28. The standard InChI is InChI=1S/C15H21N3O4/c1-11(17-7-5-16-6-8-17)9-14(19)12-3-4-15(22-2)13(10-12)18(20)21/h3-4,10-11,16H,5-9H2,1-2H3. The van der Waals surface area contributed by atoms with Gasteiger partial charge in [-0.05, 0) is 19.1 Å². The third-order valence-electron chi connectivity index (χ3n) is 3.95. The lowest BCUT2D eigenvalue weighted by atomic mass is 10.0. The highest BCUT2D eigenvalue weighted by Gasteiger charge is 2.22. The number of nitrogens with zero attached hydrogens (tertiary/aromatic N) is 2. The summed E-state index contributed by atoms with van der Waals surface area (Å²) in [7, 11) is 1.37. The zero-order valence-corrected chi connectivity index (χ0v) is 12.9. The lowest BCUT2D eigenvalue weighted by molar-refractivity contribution is -0.385. The number of carbonyl (C=O) groups excluding carboxylic acids is 1. The highest BCUT2D eigenvalue weighted by molar-refractivity contribution is 5.97. The number of carbonyl (C=O) groups is 1. The number of nitrogens with one attached hydrogen (secondary N) is 1. The minimum atomic E-state index is -0.532. The van der Waals surface area contributed by atoms with Gasteiger partial charge in [0.1, 0.15) is 0 Å². The van der Waals surface area contributed by atoms with Crippen LogP contribution in [0.15, 0.2) is 18.2 Å². The van der Waals surface area contributed by atoms with E-state index in [1.165, 1.54) is 19.2 Å². The van der Waals surface area contributed by atoms with Gasteiger partial charge >= 0.3 is 5.69 Å². The monoisotopic (exact) mass is 307 g/mol. The fourth-order valence-corrected chi connectivity index (χ4v) is 2.64. The molecule has 1 aliphatic heterocycles. The van der Waals surface area contributed by atoms with Crippen LogP contribution in [-0.2, 0) is 0 Å². The molecule has 1 heterocycles. The van der Waals surface area contributed by atoms with Crippen LogP contribution in [0.25, 0.3) is 0 Å². The number of ether oxygens (including phenoxy) is 1. The van der Waals surface area contributed by atoms with E-state index in [2.05, 4.69) is 10.2 Å². The van der Waals surface area contributed by atoms with Crippen molar-refractivity contribution in [3.05, 3.63) is 33.9 Å². The SMILES string of the molecule is COc1ccc(C(=O)CC(C)N2CCNCC2)cc1[N+](=O)[O-]. The first kappa shape index (κ1) is 16.4. The average Bonchev–Trinajstić information content (AvgIpc) is 2.54. The predicted molar refractivity (Wildman–Crippen MR) is 82.5 cm³/mol. The van der Waals surface area contributed by atoms with Crippen molar-refractivity contribution in [3.63, 3.8) is 0 Å². The molecule has 120 valence electrons. The molecule has 0 aromatic heterocycles. The number of methoxy groups -OCH3 is 1. The molecule has 2 rings (SSSR count). The van der Waals surface area contributed by atoms with Crippen molar-refractivity contribution in [1.82, 2.24) is 10.2 Å². The summed E-state index contributed by atoms with van der Waals surface area (Å²) in [5.74, 6) is 0.0773. The van der Waals surface area contributed by atoms with Crippen LogP contribution in [0.1, 0.15) is 23.7 Å². The van der Waals surface area contributed by atoms with Crippen molar-refractivity contribution in [2.75, 3.05) is 33.3 Å². The maximum absolute atomic E-state index is 12.4. The molecule has 7 heteroatoms. The van der Waals surface area contributed by atoms with Crippen molar-refractivity contribution >= 4 is 11.5 Å². The summed E-state index contributed by atoms with van der Waals surface area (Å²) in [6, 6.07) is 4.47. The lowest BCUT2D eigenvalue weighted by Crippen LogP contribution is -2.48. The molecule has 1 aromatic rings. The van der Waals surface area contributed by atoms with Crippen LogP contribution in [0.5, 0.6) is 5.75 Å². The summed E-state index contributed by atoms with van der Waals surface area (Å²) in [6.45, 7) is 5.69. The van der Waals surface area contributed by atoms with Crippen LogP contribution < -0.4 is 10.1 Å². The summed E-state index contributed by atoms with van der Waals surface area (Å²) < 4.78 is 4.95. The van der Waals surface area contributed by atoms with Gasteiger partial charge in [-0.1, -0.05) is 0 Å². The molecule has 0 spiro atoms. The largest absolute Gasteiger partial charge is 0.490 e. The average molecular weight is 307 g/mol. The van der Waals surface area contributed by atoms with E-state index >= 15 is 0 Å². The Hall–Kier alpha value is -1.99. The molecule has 22 heavy (non-hydrogen) atoms. The van der Waals surface area contributed by atoms with E-state index in [-0.39, 0.29) is 23.3 Å². The number of hydrogen-bond donors (Lipinski definition) is 1. The molecule has 1 aromatic carbocycles. The third-order valence-corrected chi connectivity index (χ3v) is 3.95. The zero-order valence-electron chi connectivity index (χ0n) is 12.9. The Kier molecular flexibility index (Phi) is 5.46. The van der Waals surface area contributed by atoms with Crippen molar-refractivity contribution in [1.29, 1.82) is 0 Å². The van der Waals surface area contributed by atoms with Crippen LogP contribution in [-0.4, -0.2) is 54.9 Å². The number of Topliss-reactive ketones (excluding diaryl/α,β-unsaturated/α-hetero) is 1. The number of benzene rings is 1.